The molecule has 0 aliphatic rings. The molecule has 0 N–H and O–H groups in total. The van der Waals surface area contributed by atoms with Gasteiger partial charge in [0.25, 0.3) is 0 Å². The predicted molar refractivity (Wildman–Crippen MR) is 65.3 cm³/mol. The highest BCUT2D eigenvalue weighted by molar-refractivity contribution is 5.86. The number of esters is 2. The van der Waals surface area contributed by atoms with Crippen molar-refractivity contribution in [1.29, 1.82) is 0 Å². The van der Waals surface area contributed by atoms with Gasteiger partial charge in [-0.05, 0) is 27.7 Å². The monoisotopic (exact) mass is 240 g/mol. The Bertz CT molecular complexity index is 324. The molecular formula is C13H20O4. The third-order valence-corrected chi connectivity index (χ3v) is 1.86. The van der Waals surface area contributed by atoms with Crippen molar-refractivity contribution in [2.24, 2.45) is 5.92 Å². The van der Waals surface area contributed by atoms with E-state index in [-0.39, 0.29) is 25.1 Å². The minimum atomic E-state index is -0.474. The molecule has 0 spiro atoms. The maximum absolute atomic E-state index is 11.4. The van der Waals surface area contributed by atoms with Crippen LogP contribution in [-0.2, 0) is 19.1 Å². The molecule has 0 aliphatic carbocycles. The lowest BCUT2D eigenvalue weighted by atomic mass is 10.1. The molecule has 0 bridgehead atoms. The molecule has 0 aromatic rings. The van der Waals surface area contributed by atoms with E-state index in [1.165, 1.54) is 0 Å². The number of allylic oxidation sites excluding steroid dienone is 1. The van der Waals surface area contributed by atoms with Crippen molar-refractivity contribution in [2.45, 2.75) is 27.7 Å². The molecule has 0 aromatic carbocycles. The number of hydrogen-bond acceptors (Lipinski definition) is 4. The lowest BCUT2D eigenvalue weighted by Gasteiger charge is -2.09. The first-order valence-electron chi connectivity index (χ1n) is 5.49. The molecule has 0 fully saturated rings. The molecule has 0 rings (SSSR count). The van der Waals surface area contributed by atoms with Crippen LogP contribution in [0.1, 0.15) is 27.7 Å². The molecule has 0 aliphatic heterocycles. The maximum atomic E-state index is 11.4. The second-order valence-electron chi connectivity index (χ2n) is 4.12. The van der Waals surface area contributed by atoms with Crippen molar-refractivity contribution >= 4 is 11.9 Å². The average Bonchev–Trinajstić information content (AvgIpc) is 2.22. The molecule has 0 saturated heterocycles. The Morgan fingerprint density at radius 1 is 1.18 bits per heavy atom. The summed E-state index contributed by atoms with van der Waals surface area (Å²) in [5, 5.41) is 0. The first-order valence-corrected chi connectivity index (χ1v) is 5.49. The molecule has 0 heterocycles. The van der Waals surface area contributed by atoms with E-state index >= 15 is 0 Å². The highest BCUT2D eigenvalue weighted by Crippen LogP contribution is 2.04. The van der Waals surface area contributed by atoms with E-state index < -0.39 is 5.97 Å². The fraction of sp³-hybridized carbons (Fsp3) is 0.538. The van der Waals surface area contributed by atoms with Crippen LogP contribution < -0.4 is 0 Å². The summed E-state index contributed by atoms with van der Waals surface area (Å²) in [7, 11) is 0. The molecule has 0 aromatic heterocycles. The van der Waals surface area contributed by atoms with Gasteiger partial charge in [0.1, 0.15) is 13.2 Å². The Morgan fingerprint density at radius 2 is 1.71 bits per heavy atom. The van der Waals surface area contributed by atoms with Gasteiger partial charge in [0, 0.05) is 5.57 Å². The third kappa shape index (κ3) is 7.33. The van der Waals surface area contributed by atoms with E-state index in [2.05, 4.69) is 6.58 Å². The second kappa shape index (κ2) is 7.65. The summed E-state index contributed by atoms with van der Waals surface area (Å²) < 4.78 is 9.73. The summed E-state index contributed by atoms with van der Waals surface area (Å²) in [5.41, 5.74) is 1.39. The van der Waals surface area contributed by atoms with Gasteiger partial charge in [0.2, 0.25) is 0 Å². The molecule has 0 saturated carbocycles. The molecule has 4 nitrogen and oxygen atoms in total. The summed E-state index contributed by atoms with van der Waals surface area (Å²) in [6, 6.07) is 0. The van der Waals surface area contributed by atoms with Crippen molar-refractivity contribution in [3.63, 3.8) is 0 Å². The van der Waals surface area contributed by atoms with Crippen molar-refractivity contribution in [1.82, 2.24) is 0 Å². The van der Waals surface area contributed by atoms with E-state index in [1.807, 2.05) is 19.9 Å². The van der Waals surface area contributed by atoms with Gasteiger partial charge in [-0.1, -0.05) is 18.2 Å². The Balaban J connectivity index is 3.83. The van der Waals surface area contributed by atoms with Gasteiger partial charge >= 0.3 is 11.9 Å². The topological polar surface area (TPSA) is 52.6 Å². The molecule has 4 heteroatoms. The van der Waals surface area contributed by atoms with Crippen LogP contribution in [0.3, 0.4) is 0 Å². The van der Waals surface area contributed by atoms with E-state index in [9.17, 15) is 9.59 Å². The number of carbonyl (C=O) groups is 2. The third-order valence-electron chi connectivity index (χ3n) is 1.86. The predicted octanol–water partition coefficient (Wildman–Crippen LogP) is 2.25. The normalized spacial score (nSPS) is 11.3. The minimum Gasteiger partial charge on any atom is -0.462 e. The number of rotatable bonds is 6. The molecule has 1 atom stereocenters. The SMILES string of the molecule is C=C(C)C(=O)OCCOC(=O)C(C)C=C(C)C. The lowest BCUT2D eigenvalue weighted by molar-refractivity contribution is -0.151. The highest BCUT2D eigenvalue weighted by atomic mass is 16.6. The number of carbonyl (C=O) groups excluding carboxylic acids is 2. The molecule has 0 amide bonds. The minimum absolute atomic E-state index is 0.0545. The van der Waals surface area contributed by atoms with Gasteiger partial charge in [-0.3, -0.25) is 4.79 Å². The lowest BCUT2D eigenvalue weighted by Crippen LogP contribution is -2.18. The molecule has 0 radical (unpaired) electrons. The van der Waals surface area contributed by atoms with E-state index in [4.69, 9.17) is 9.47 Å². The smallest absolute Gasteiger partial charge is 0.333 e. The zero-order valence-electron chi connectivity index (χ0n) is 10.9. The zero-order chi connectivity index (χ0) is 13.4. The summed E-state index contributed by atoms with van der Waals surface area (Å²) >= 11 is 0. The van der Waals surface area contributed by atoms with Crippen LogP contribution in [0.2, 0.25) is 0 Å². The van der Waals surface area contributed by atoms with Gasteiger partial charge in [-0.2, -0.15) is 0 Å². The van der Waals surface area contributed by atoms with Crippen molar-refractivity contribution < 1.29 is 19.1 Å². The highest BCUT2D eigenvalue weighted by Gasteiger charge is 2.11. The zero-order valence-corrected chi connectivity index (χ0v) is 10.9. The quantitative estimate of drug-likeness (QED) is 0.309. The fourth-order valence-corrected chi connectivity index (χ4v) is 1.10. The Morgan fingerprint density at radius 3 is 2.18 bits per heavy atom. The van der Waals surface area contributed by atoms with Crippen molar-refractivity contribution in [3.8, 4) is 0 Å². The summed E-state index contributed by atoms with van der Waals surface area (Å²) in [4.78, 5) is 22.4. The Hall–Kier alpha value is -1.58. The first-order chi connectivity index (χ1) is 7.84. The van der Waals surface area contributed by atoms with Crippen LogP contribution in [0.25, 0.3) is 0 Å². The van der Waals surface area contributed by atoms with Crippen molar-refractivity contribution in [2.75, 3.05) is 13.2 Å². The molecule has 1 unspecified atom stereocenters. The Labute approximate surface area is 102 Å². The Kier molecular flexibility index (Phi) is 6.94. The van der Waals surface area contributed by atoms with Crippen LogP contribution in [-0.4, -0.2) is 25.2 Å². The summed E-state index contributed by atoms with van der Waals surface area (Å²) in [5.74, 6) is -1.08. The van der Waals surface area contributed by atoms with Gasteiger partial charge < -0.3 is 9.47 Å². The molecule has 96 valence electrons. The van der Waals surface area contributed by atoms with Gasteiger partial charge in [0.15, 0.2) is 0 Å². The van der Waals surface area contributed by atoms with Crippen LogP contribution >= 0.6 is 0 Å². The molecule has 17 heavy (non-hydrogen) atoms. The van der Waals surface area contributed by atoms with Crippen LogP contribution in [0.15, 0.2) is 23.8 Å². The van der Waals surface area contributed by atoms with Gasteiger partial charge in [0.05, 0.1) is 5.92 Å². The van der Waals surface area contributed by atoms with Crippen LogP contribution in [0.5, 0.6) is 0 Å². The molecular weight excluding hydrogens is 220 g/mol. The summed E-state index contributed by atoms with van der Waals surface area (Å²) in [6.45, 7) is 10.7. The van der Waals surface area contributed by atoms with Gasteiger partial charge in [-0.15, -0.1) is 0 Å². The summed E-state index contributed by atoms with van der Waals surface area (Å²) in [6.07, 6.45) is 1.82. The first kappa shape index (κ1) is 15.4. The van der Waals surface area contributed by atoms with E-state index in [1.54, 1.807) is 13.8 Å². The maximum Gasteiger partial charge on any atom is 0.333 e. The number of ether oxygens (including phenoxy) is 2. The number of hydrogen-bond donors (Lipinski definition) is 0. The standard InChI is InChI=1S/C13H20O4/c1-9(2)8-11(5)13(15)17-7-6-16-12(14)10(3)4/h8,11H,3,6-7H2,1-2,4-5H3. The second-order valence-corrected chi connectivity index (χ2v) is 4.12. The largest absolute Gasteiger partial charge is 0.462 e. The van der Waals surface area contributed by atoms with Crippen LogP contribution in [0.4, 0.5) is 0 Å². The van der Waals surface area contributed by atoms with Gasteiger partial charge in [-0.25, -0.2) is 4.79 Å². The van der Waals surface area contributed by atoms with E-state index in [0.717, 1.165) is 5.57 Å². The van der Waals surface area contributed by atoms with Crippen molar-refractivity contribution in [3.05, 3.63) is 23.8 Å². The average molecular weight is 240 g/mol. The fourth-order valence-electron chi connectivity index (χ4n) is 1.10. The van der Waals surface area contributed by atoms with Crippen LogP contribution in [0, 0.1) is 5.92 Å². The van der Waals surface area contributed by atoms with E-state index in [0.29, 0.717) is 5.57 Å².